The van der Waals surface area contributed by atoms with Gasteiger partial charge in [-0.15, -0.1) is 0 Å². The van der Waals surface area contributed by atoms with E-state index < -0.39 is 0 Å². The summed E-state index contributed by atoms with van der Waals surface area (Å²) in [5.74, 6) is 0. The Bertz CT molecular complexity index is 350. The Labute approximate surface area is 90.1 Å². The normalized spacial score (nSPS) is 14.3. The van der Waals surface area contributed by atoms with Crippen LogP contribution in [0.1, 0.15) is 42.3 Å². The van der Waals surface area contributed by atoms with Gasteiger partial charge in [-0.05, 0) is 24.5 Å². The lowest BCUT2D eigenvalue weighted by Gasteiger charge is -2.07. The molecule has 3 nitrogen and oxygen atoms in total. The van der Waals surface area contributed by atoms with Crippen LogP contribution in [0.3, 0.4) is 0 Å². The van der Waals surface area contributed by atoms with E-state index >= 15 is 0 Å². The van der Waals surface area contributed by atoms with E-state index in [1.165, 1.54) is 6.42 Å². The molecule has 2 heterocycles. The molecule has 0 aliphatic carbocycles. The fourth-order valence-electron chi connectivity index (χ4n) is 1.92. The SMILES string of the molecule is CCCCc1cc(CO)c2c(n1)COC2. The van der Waals surface area contributed by atoms with E-state index in [0.717, 1.165) is 35.4 Å². The fraction of sp³-hybridized carbons (Fsp3) is 0.583. The van der Waals surface area contributed by atoms with Crippen molar-refractivity contribution >= 4 is 0 Å². The number of aliphatic hydroxyl groups excluding tert-OH is 1. The summed E-state index contributed by atoms with van der Waals surface area (Å²) in [5, 5.41) is 9.27. The second-order valence-electron chi connectivity index (χ2n) is 3.95. The lowest BCUT2D eigenvalue weighted by atomic mass is 10.1. The van der Waals surface area contributed by atoms with Crippen LogP contribution in [0.25, 0.3) is 0 Å². The van der Waals surface area contributed by atoms with Gasteiger partial charge in [0, 0.05) is 11.3 Å². The molecular weight excluding hydrogens is 190 g/mol. The standard InChI is InChI=1S/C12H17NO2/c1-2-3-4-10-5-9(6-14)11-7-15-8-12(11)13-10/h5,14H,2-4,6-8H2,1H3. The van der Waals surface area contributed by atoms with Crippen molar-refractivity contribution in [3.63, 3.8) is 0 Å². The zero-order chi connectivity index (χ0) is 10.7. The van der Waals surface area contributed by atoms with Gasteiger partial charge in [-0.2, -0.15) is 0 Å². The molecule has 0 saturated heterocycles. The molecular formula is C12H17NO2. The third-order valence-corrected chi connectivity index (χ3v) is 2.80. The molecule has 0 atom stereocenters. The number of aliphatic hydroxyl groups is 1. The van der Waals surface area contributed by atoms with Crippen molar-refractivity contribution in [3.8, 4) is 0 Å². The smallest absolute Gasteiger partial charge is 0.0896 e. The molecule has 15 heavy (non-hydrogen) atoms. The highest BCUT2D eigenvalue weighted by Crippen LogP contribution is 2.23. The molecule has 2 rings (SSSR count). The number of aryl methyl sites for hydroxylation is 1. The minimum Gasteiger partial charge on any atom is -0.392 e. The second kappa shape index (κ2) is 4.73. The van der Waals surface area contributed by atoms with Gasteiger partial charge in [-0.3, -0.25) is 4.98 Å². The molecule has 0 saturated carbocycles. The highest BCUT2D eigenvalue weighted by molar-refractivity contribution is 5.33. The number of nitrogens with zero attached hydrogens (tertiary/aromatic N) is 1. The number of hydrogen-bond acceptors (Lipinski definition) is 3. The number of rotatable bonds is 4. The first kappa shape index (κ1) is 10.6. The predicted molar refractivity (Wildman–Crippen MR) is 57.3 cm³/mol. The van der Waals surface area contributed by atoms with E-state index in [4.69, 9.17) is 4.74 Å². The Hall–Kier alpha value is -0.930. The van der Waals surface area contributed by atoms with Crippen molar-refractivity contribution < 1.29 is 9.84 Å². The molecule has 1 aromatic rings. The summed E-state index contributed by atoms with van der Waals surface area (Å²) in [6.45, 7) is 3.46. The van der Waals surface area contributed by atoms with Gasteiger partial charge in [0.25, 0.3) is 0 Å². The average Bonchev–Trinajstić information content (AvgIpc) is 2.73. The van der Waals surface area contributed by atoms with E-state index in [1.807, 2.05) is 6.07 Å². The summed E-state index contributed by atoms with van der Waals surface area (Å²) in [4.78, 5) is 4.56. The molecule has 1 N–H and O–H groups in total. The van der Waals surface area contributed by atoms with Gasteiger partial charge in [-0.1, -0.05) is 13.3 Å². The first-order valence-corrected chi connectivity index (χ1v) is 5.54. The summed E-state index contributed by atoms with van der Waals surface area (Å²) in [5.41, 5.74) is 4.19. The fourth-order valence-corrected chi connectivity index (χ4v) is 1.92. The van der Waals surface area contributed by atoms with Crippen LogP contribution >= 0.6 is 0 Å². The molecule has 0 radical (unpaired) electrons. The van der Waals surface area contributed by atoms with Crippen LogP contribution in [0.15, 0.2) is 6.07 Å². The van der Waals surface area contributed by atoms with E-state index in [2.05, 4.69) is 11.9 Å². The van der Waals surface area contributed by atoms with Gasteiger partial charge in [-0.25, -0.2) is 0 Å². The molecule has 82 valence electrons. The van der Waals surface area contributed by atoms with E-state index in [9.17, 15) is 5.11 Å². The molecule has 1 aromatic heterocycles. The molecule has 0 aromatic carbocycles. The first-order chi connectivity index (χ1) is 7.35. The third-order valence-electron chi connectivity index (χ3n) is 2.80. The lowest BCUT2D eigenvalue weighted by Crippen LogP contribution is -2.01. The molecule has 0 unspecified atom stereocenters. The van der Waals surface area contributed by atoms with Crippen LogP contribution < -0.4 is 0 Å². The Morgan fingerprint density at radius 3 is 3.07 bits per heavy atom. The number of fused-ring (bicyclic) bond motifs is 1. The quantitative estimate of drug-likeness (QED) is 0.820. The highest BCUT2D eigenvalue weighted by Gasteiger charge is 2.17. The summed E-state index contributed by atoms with van der Waals surface area (Å²) in [7, 11) is 0. The molecule has 1 aliphatic rings. The van der Waals surface area contributed by atoms with Gasteiger partial charge in [0.15, 0.2) is 0 Å². The maximum Gasteiger partial charge on any atom is 0.0896 e. The predicted octanol–water partition coefficient (Wildman–Crippen LogP) is 1.95. The molecule has 1 aliphatic heterocycles. The zero-order valence-electron chi connectivity index (χ0n) is 9.12. The Balaban J connectivity index is 2.26. The van der Waals surface area contributed by atoms with E-state index in [-0.39, 0.29) is 6.61 Å². The van der Waals surface area contributed by atoms with Crippen LogP contribution in [0.4, 0.5) is 0 Å². The van der Waals surface area contributed by atoms with Crippen LogP contribution in [-0.2, 0) is 31.0 Å². The van der Waals surface area contributed by atoms with Gasteiger partial charge in [0.1, 0.15) is 0 Å². The third kappa shape index (κ3) is 2.19. The van der Waals surface area contributed by atoms with Crippen molar-refractivity contribution in [1.82, 2.24) is 4.98 Å². The molecule has 0 spiro atoms. The minimum absolute atomic E-state index is 0.0906. The van der Waals surface area contributed by atoms with E-state index in [1.54, 1.807) is 0 Å². The van der Waals surface area contributed by atoms with Crippen LogP contribution in [0.2, 0.25) is 0 Å². The first-order valence-electron chi connectivity index (χ1n) is 5.54. The van der Waals surface area contributed by atoms with E-state index in [0.29, 0.717) is 13.2 Å². The molecule has 0 amide bonds. The number of ether oxygens (including phenoxy) is 1. The maximum absolute atomic E-state index is 9.27. The summed E-state index contributed by atoms with van der Waals surface area (Å²) >= 11 is 0. The second-order valence-corrected chi connectivity index (χ2v) is 3.95. The molecule has 0 bridgehead atoms. The van der Waals surface area contributed by atoms with Gasteiger partial charge in [0.2, 0.25) is 0 Å². The zero-order valence-corrected chi connectivity index (χ0v) is 9.12. The topological polar surface area (TPSA) is 42.4 Å². The van der Waals surface area contributed by atoms with Gasteiger partial charge >= 0.3 is 0 Å². The van der Waals surface area contributed by atoms with Crippen molar-refractivity contribution in [2.75, 3.05) is 0 Å². The largest absolute Gasteiger partial charge is 0.392 e. The highest BCUT2D eigenvalue weighted by atomic mass is 16.5. The van der Waals surface area contributed by atoms with Crippen molar-refractivity contribution in [2.45, 2.75) is 46.0 Å². The maximum atomic E-state index is 9.27. The lowest BCUT2D eigenvalue weighted by molar-refractivity contribution is 0.132. The summed E-state index contributed by atoms with van der Waals surface area (Å²) < 4.78 is 5.34. The van der Waals surface area contributed by atoms with Crippen LogP contribution in [-0.4, -0.2) is 10.1 Å². The van der Waals surface area contributed by atoms with Gasteiger partial charge in [0.05, 0.1) is 25.5 Å². The molecule has 0 fully saturated rings. The number of aromatic nitrogens is 1. The van der Waals surface area contributed by atoms with Crippen LogP contribution in [0, 0.1) is 0 Å². The van der Waals surface area contributed by atoms with Gasteiger partial charge < -0.3 is 9.84 Å². The van der Waals surface area contributed by atoms with Crippen molar-refractivity contribution in [2.24, 2.45) is 0 Å². The Kier molecular flexibility index (Phi) is 3.34. The Morgan fingerprint density at radius 2 is 2.33 bits per heavy atom. The Morgan fingerprint density at radius 1 is 1.47 bits per heavy atom. The number of hydrogen-bond donors (Lipinski definition) is 1. The van der Waals surface area contributed by atoms with Crippen molar-refractivity contribution in [1.29, 1.82) is 0 Å². The average molecular weight is 207 g/mol. The number of pyridine rings is 1. The minimum atomic E-state index is 0.0906. The number of unbranched alkanes of at least 4 members (excludes halogenated alkanes) is 1. The van der Waals surface area contributed by atoms with Crippen LogP contribution in [0.5, 0.6) is 0 Å². The molecule has 3 heteroatoms. The summed E-state index contributed by atoms with van der Waals surface area (Å²) in [6.07, 6.45) is 3.32. The summed E-state index contributed by atoms with van der Waals surface area (Å²) in [6, 6.07) is 2.02. The van der Waals surface area contributed by atoms with Crippen molar-refractivity contribution in [3.05, 3.63) is 28.6 Å². The monoisotopic (exact) mass is 207 g/mol.